The van der Waals surface area contributed by atoms with Crippen molar-refractivity contribution in [2.24, 2.45) is 0 Å². The Morgan fingerprint density at radius 1 is 1.29 bits per heavy atom. The molecule has 0 unspecified atom stereocenters. The van der Waals surface area contributed by atoms with Gasteiger partial charge in [-0.3, -0.25) is 0 Å². The molecule has 0 spiro atoms. The number of esters is 1. The number of carbonyl (C=O) groups excluding carboxylic acids is 1. The molecule has 17 heavy (non-hydrogen) atoms. The van der Waals surface area contributed by atoms with Crippen molar-refractivity contribution in [3.05, 3.63) is 28.8 Å². The first kappa shape index (κ1) is 13.8. The Balaban J connectivity index is 2.60. The van der Waals surface area contributed by atoms with Gasteiger partial charge in [0.25, 0.3) is 0 Å². The smallest absolute Gasteiger partial charge is 0.337 e. The summed E-state index contributed by atoms with van der Waals surface area (Å²) in [4.78, 5) is 11.2. The Morgan fingerprint density at radius 2 is 2.06 bits per heavy atom. The van der Waals surface area contributed by atoms with Crippen LogP contribution in [0.4, 0.5) is 0 Å². The van der Waals surface area contributed by atoms with Crippen LogP contribution in [0, 0.1) is 0 Å². The highest BCUT2D eigenvalue weighted by atomic mass is 35.5. The zero-order chi connectivity index (χ0) is 12.7. The van der Waals surface area contributed by atoms with Crippen molar-refractivity contribution in [2.75, 3.05) is 27.4 Å². The van der Waals surface area contributed by atoms with E-state index in [-0.39, 0.29) is 0 Å². The van der Waals surface area contributed by atoms with Gasteiger partial charge in [-0.05, 0) is 18.2 Å². The average Bonchev–Trinajstić information content (AvgIpc) is 2.35. The molecular formula is C12H15ClO4. The Kier molecular flexibility index (Phi) is 5.80. The molecule has 5 heteroatoms. The minimum atomic E-state index is -0.419. The maximum atomic E-state index is 11.2. The first-order valence-electron chi connectivity index (χ1n) is 5.18. The van der Waals surface area contributed by atoms with Crippen LogP contribution >= 0.6 is 11.6 Å². The lowest BCUT2D eigenvalue weighted by molar-refractivity contribution is 0.0600. The van der Waals surface area contributed by atoms with Crippen LogP contribution in [0.3, 0.4) is 0 Å². The van der Waals surface area contributed by atoms with Gasteiger partial charge in [0.1, 0.15) is 5.75 Å². The van der Waals surface area contributed by atoms with Crippen LogP contribution in [0.25, 0.3) is 0 Å². The third-order valence-electron chi connectivity index (χ3n) is 2.10. The predicted octanol–water partition coefficient (Wildman–Crippen LogP) is 2.54. The van der Waals surface area contributed by atoms with E-state index < -0.39 is 5.97 Å². The summed E-state index contributed by atoms with van der Waals surface area (Å²) in [6.07, 6.45) is 0.783. The Bertz CT molecular complexity index is 379. The van der Waals surface area contributed by atoms with Gasteiger partial charge in [-0.2, -0.15) is 0 Å². The third-order valence-corrected chi connectivity index (χ3v) is 2.40. The number of ether oxygens (including phenoxy) is 3. The highest BCUT2D eigenvalue weighted by Gasteiger charge is 2.09. The standard InChI is InChI=1S/C12H15ClO4/c1-15-6-3-7-17-11-5-4-9(8-10(11)13)12(14)16-2/h4-5,8H,3,6-7H2,1-2H3. The molecule has 0 saturated heterocycles. The van der Waals surface area contributed by atoms with Gasteiger partial charge in [-0.1, -0.05) is 11.6 Å². The van der Waals surface area contributed by atoms with Crippen LogP contribution in [-0.4, -0.2) is 33.4 Å². The Labute approximate surface area is 105 Å². The van der Waals surface area contributed by atoms with Crippen LogP contribution in [0.5, 0.6) is 5.75 Å². The average molecular weight is 259 g/mol. The van der Waals surface area contributed by atoms with Crippen LogP contribution in [-0.2, 0) is 9.47 Å². The highest BCUT2D eigenvalue weighted by molar-refractivity contribution is 6.32. The molecule has 1 aromatic rings. The lowest BCUT2D eigenvalue weighted by Gasteiger charge is -2.08. The van der Waals surface area contributed by atoms with Crippen molar-refractivity contribution in [1.82, 2.24) is 0 Å². The SMILES string of the molecule is COCCCOc1ccc(C(=O)OC)cc1Cl. The van der Waals surface area contributed by atoms with E-state index in [1.54, 1.807) is 19.2 Å². The van der Waals surface area contributed by atoms with E-state index in [1.165, 1.54) is 13.2 Å². The first-order valence-corrected chi connectivity index (χ1v) is 5.56. The van der Waals surface area contributed by atoms with E-state index in [0.29, 0.717) is 29.5 Å². The molecule has 4 nitrogen and oxygen atoms in total. The van der Waals surface area contributed by atoms with Gasteiger partial charge in [0.15, 0.2) is 0 Å². The summed E-state index contributed by atoms with van der Waals surface area (Å²) in [6.45, 7) is 1.16. The van der Waals surface area contributed by atoms with E-state index >= 15 is 0 Å². The summed E-state index contributed by atoms with van der Waals surface area (Å²) in [5.41, 5.74) is 0.404. The van der Waals surface area contributed by atoms with Crippen molar-refractivity contribution < 1.29 is 19.0 Å². The Hall–Kier alpha value is -1.26. The van der Waals surface area contributed by atoms with E-state index in [2.05, 4.69) is 4.74 Å². The zero-order valence-electron chi connectivity index (χ0n) is 9.86. The van der Waals surface area contributed by atoms with Gasteiger partial charge in [-0.15, -0.1) is 0 Å². The lowest BCUT2D eigenvalue weighted by atomic mass is 10.2. The van der Waals surface area contributed by atoms with Crippen LogP contribution in [0.1, 0.15) is 16.8 Å². The number of methoxy groups -OCH3 is 2. The fraction of sp³-hybridized carbons (Fsp3) is 0.417. The molecule has 0 fully saturated rings. The van der Waals surface area contributed by atoms with Gasteiger partial charge < -0.3 is 14.2 Å². The molecule has 0 N–H and O–H groups in total. The number of benzene rings is 1. The monoisotopic (exact) mass is 258 g/mol. The summed E-state index contributed by atoms with van der Waals surface area (Å²) >= 11 is 5.98. The predicted molar refractivity (Wildman–Crippen MR) is 64.8 cm³/mol. The summed E-state index contributed by atoms with van der Waals surface area (Å²) in [5.74, 6) is 0.133. The number of carbonyl (C=O) groups is 1. The van der Waals surface area contributed by atoms with Gasteiger partial charge in [0, 0.05) is 20.1 Å². The quantitative estimate of drug-likeness (QED) is 0.581. The second-order valence-corrected chi connectivity index (χ2v) is 3.74. The third kappa shape index (κ3) is 4.24. The number of hydrogen-bond acceptors (Lipinski definition) is 4. The van der Waals surface area contributed by atoms with Gasteiger partial charge in [0.2, 0.25) is 0 Å². The molecule has 0 bridgehead atoms. The van der Waals surface area contributed by atoms with Crippen LogP contribution in [0.2, 0.25) is 5.02 Å². The van der Waals surface area contributed by atoms with E-state index in [0.717, 1.165) is 6.42 Å². The molecule has 0 aromatic heterocycles. The molecule has 0 radical (unpaired) electrons. The van der Waals surface area contributed by atoms with Gasteiger partial charge in [0.05, 0.1) is 24.3 Å². The number of rotatable bonds is 6. The first-order chi connectivity index (χ1) is 8.19. The van der Waals surface area contributed by atoms with Gasteiger partial charge >= 0.3 is 5.97 Å². The molecule has 0 atom stereocenters. The second kappa shape index (κ2) is 7.14. The lowest BCUT2D eigenvalue weighted by Crippen LogP contribution is -2.04. The van der Waals surface area contributed by atoms with E-state index in [9.17, 15) is 4.79 Å². The second-order valence-electron chi connectivity index (χ2n) is 3.33. The van der Waals surface area contributed by atoms with Gasteiger partial charge in [-0.25, -0.2) is 4.79 Å². The van der Waals surface area contributed by atoms with Crippen molar-refractivity contribution in [3.63, 3.8) is 0 Å². The molecule has 0 aliphatic carbocycles. The topological polar surface area (TPSA) is 44.8 Å². The largest absolute Gasteiger partial charge is 0.492 e. The molecule has 1 aromatic carbocycles. The molecule has 0 aliphatic rings. The maximum Gasteiger partial charge on any atom is 0.337 e. The van der Waals surface area contributed by atoms with Crippen molar-refractivity contribution in [2.45, 2.75) is 6.42 Å². The summed E-state index contributed by atoms with van der Waals surface area (Å²) in [5, 5.41) is 0.394. The molecule has 0 heterocycles. The summed E-state index contributed by atoms with van der Waals surface area (Å²) in [7, 11) is 2.96. The minimum Gasteiger partial charge on any atom is -0.492 e. The fourth-order valence-electron chi connectivity index (χ4n) is 1.25. The molecule has 0 aliphatic heterocycles. The summed E-state index contributed by atoms with van der Waals surface area (Å²) < 4.78 is 14.9. The van der Waals surface area contributed by atoms with Crippen molar-refractivity contribution >= 4 is 17.6 Å². The molecular weight excluding hydrogens is 244 g/mol. The molecule has 0 amide bonds. The maximum absolute atomic E-state index is 11.2. The number of halogens is 1. The van der Waals surface area contributed by atoms with E-state index in [4.69, 9.17) is 21.1 Å². The molecule has 94 valence electrons. The number of hydrogen-bond donors (Lipinski definition) is 0. The summed E-state index contributed by atoms with van der Waals surface area (Å²) in [6, 6.07) is 4.80. The molecule has 1 rings (SSSR count). The van der Waals surface area contributed by atoms with Crippen LogP contribution in [0.15, 0.2) is 18.2 Å². The van der Waals surface area contributed by atoms with E-state index in [1.807, 2.05) is 0 Å². The van der Waals surface area contributed by atoms with Crippen LogP contribution < -0.4 is 4.74 Å². The fourth-order valence-corrected chi connectivity index (χ4v) is 1.48. The zero-order valence-corrected chi connectivity index (χ0v) is 10.6. The minimum absolute atomic E-state index is 0.394. The van der Waals surface area contributed by atoms with Crippen molar-refractivity contribution in [1.29, 1.82) is 0 Å². The van der Waals surface area contributed by atoms with Crippen molar-refractivity contribution in [3.8, 4) is 5.75 Å². The highest BCUT2D eigenvalue weighted by Crippen LogP contribution is 2.25. The Morgan fingerprint density at radius 3 is 2.65 bits per heavy atom. The molecule has 0 saturated carbocycles. The normalized spacial score (nSPS) is 10.1.